The maximum atomic E-state index is 12.3. The van der Waals surface area contributed by atoms with Gasteiger partial charge in [-0.2, -0.15) is 0 Å². The molecule has 11 heteroatoms. The number of hydrogen-bond acceptors (Lipinski definition) is 5. The van der Waals surface area contributed by atoms with Gasteiger partial charge in [0.2, 0.25) is 0 Å². The van der Waals surface area contributed by atoms with Crippen molar-refractivity contribution in [1.82, 2.24) is 10.2 Å². The van der Waals surface area contributed by atoms with Crippen molar-refractivity contribution in [3.63, 3.8) is 0 Å². The fraction of sp³-hybridized carbons (Fsp3) is 0.348. The van der Waals surface area contributed by atoms with Crippen LogP contribution < -0.4 is 20.1 Å². The van der Waals surface area contributed by atoms with Gasteiger partial charge in [0.1, 0.15) is 11.5 Å². The van der Waals surface area contributed by atoms with E-state index in [4.69, 9.17) is 4.74 Å². The standard InChI is InChI=1S/C23H24F3N3O5/c24-23(25,26)34-19-8-6-17(7-9-19)28-22(32)21(31)27-14-16-10-12-29(13-11-16)20(30)15-33-18-4-2-1-3-5-18/h1-9,16H,10-15H2,(H,27,31)(H,28,32). The van der Waals surface area contributed by atoms with E-state index in [0.29, 0.717) is 31.7 Å². The molecule has 1 heterocycles. The quantitative estimate of drug-likeness (QED) is 0.596. The molecule has 182 valence electrons. The molecule has 1 saturated heterocycles. The summed E-state index contributed by atoms with van der Waals surface area (Å²) in [6, 6.07) is 13.5. The van der Waals surface area contributed by atoms with Crippen molar-refractivity contribution < 1.29 is 37.0 Å². The Balaban J connectivity index is 1.35. The molecule has 3 rings (SSSR count). The lowest BCUT2D eigenvalue weighted by Gasteiger charge is -2.32. The Bertz CT molecular complexity index is 976. The van der Waals surface area contributed by atoms with Crippen LogP contribution in [-0.4, -0.2) is 55.2 Å². The second-order valence-electron chi connectivity index (χ2n) is 7.66. The van der Waals surface area contributed by atoms with E-state index in [1.165, 1.54) is 12.1 Å². The maximum Gasteiger partial charge on any atom is 0.573 e. The average molecular weight is 479 g/mol. The molecule has 0 bridgehead atoms. The van der Waals surface area contributed by atoms with Crippen molar-refractivity contribution in [1.29, 1.82) is 0 Å². The fourth-order valence-electron chi connectivity index (χ4n) is 3.38. The summed E-state index contributed by atoms with van der Waals surface area (Å²) in [5.41, 5.74) is 0.152. The molecule has 1 fully saturated rings. The van der Waals surface area contributed by atoms with Gasteiger partial charge >= 0.3 is 18.2 Å². The number of rotatable bonds is 7. The molecule has 2 aromatic rings. The summed E-state index contributed by atoms with van der Waals surface area (Å²) in [6.45, 7) is 1.27. The lowest BCUT2D eigenvalue weighted by atomic mass is 9.96. The number of likely N-dealkylation sites (tertiary alicyclic amines) is 1. The first-order chi connectivity index (χ1) is 16.2. The highest BCUT2D eigenvalue weighted by Gasteiger charge is 2.31. The molecule has 8 nitrogen and oxygen atoms in total. The molecule has 1 aliphatic rings. The van der Waals surface area contributed by atoms with Crippen LogP contribution in [0.2, 0.25) is 0 Å². The molecular formula is C23H24F3N3O5. The van der Waals surface area contributed by atoms with Crippen LogP contribution in [0.1, 0.15) is 12.8 Å². The Morgan fingerprint density at radius 2 is 1.56 bits per heavy atom. The predicted octanol–water partition coefficient (Wildman–Crippen LogP) is 2.96. The van der Waals surface area contributed by atoms with Gasteiger partial charge in [-0.1, -0.05) is 18.2 Å². The Morgan fingerprint density at radius 1 is 0.912 bits per heavy atom. The van der Waals surface area contributed by atoms with E-state index in [0.717, 1.165) is 12.1 Å². The molecular weight excluding hydrogens is 455 g/mol. The van der Waals surface area contributed by atoms with Crippen molar-refractivity contribution in [3.05, 3.63) is 54.6 Å². The van der Waals surface area contributed by atoms with E-state index in [1.54, 1.807) is 17.0 Å². The number of halogens is 3. The zero-order valence-electron chi connectivity index (χ0n) is 18.1. The normalized spacial score (nSPS) is 14.3. The number of ether oxygens (including phenoxy) is 2. The lowest BCUT2D eigenvalue weighted by Crippen LogP contribution is -2.44. The van der Waals surface area contributed by atoms with Crippen molar-refractivity contribution in [3.8, 4) is 11.5 Å². The summed E-state index contributed by atoms with van der Waals surface area (Å²) in [5, 5.41) is 4.87. The fourth-order valence-corrected chi connectivity index (χ4v) is 3.38. The van der Waals surface area contributed by atoms with Crippen molar-refractivity contribution in [2.75, 3.05) is 31.6 Å². The van der Waals surface area contributed by atoms with E-state index in [2.05, 4.69) is 15.4 Å². The van der Waals surface area contributed by atoms with Gasteiger partial charge in [0.15, 0.2) is 6.61 Å². The average Bonchev–Trinajstić information content (AvgIpc) is 2.82. The molecule has 0 radical (unpaired) electrons. The summed E-state index contributed by atoms with van der Waals surface area (Å²) in [6.07, 6.45) is -3.48. The monoisotopic (exact) mass is 479 g/mol. The molecule has 0 atom stereocenters. The first kappa shape index (κ1) is 24.9. The van der Waals surface area contributed by atoms with Crippen LogP contribution in [0, 0.1) is 5.92 Å². The molecule has 0 saturated carbocycles. The second-order valence-corrected chi connectivity index (χ2v) is 7.66. The number of hydrogen-bond donors (Lipinski definition) is 2. The van der Waals surface area contributed by atoms with Crippen molar-refractivity contribution in [2.45, 2.75) is 19.2 Å². The maximum absolute atomic E-state index is 12.3. The number of benzene rings is 2. The molecule has 0 aromatic heterocycles. The van der Waals surface area contributed by atoms with Gasteiger partial charge in [-0.3, -0.25) is 14.4 Å². The predicted molar refractivity (Wildman–Crippen MR) is 116 cm³/mol. The molecule has 0 spiro atoms. The molecule has 34 heavy (non-hydrogen) atoms. The summed E-state index contributed by atoms with van der Waals surface area (Å²) >= 11 is 0. The van der Waals surface area contributed by atoms with Crippen LogP contribution in [0.4, 0.5) is 18.9 Å². The highest BCUT2D eigenvalue weighted by molar-refractivity contribution is 6.39. The number of carbonyl (C=O) groups excluding carboxylic acids is 3. The number of piperidine rings is 1. The SMILES string of the molecule is O=C(NCC1CCN(C(=O)COc2ccccc2)CC1)C(=O)Nc1ccc(OC(F)(F)F)cc1. The number of carbonyl (C=O) groups is 3. The molecule has 3 amide bonds. The summed E-state index contributed by atoms with van der Waals surface area (Å²) in [5.74, 6) is -1.61. The third-order valence-corrected chi connectivity index (χ3v) is 5.18. The van der Waals surface area contributed by atoms with Crippen LogP contribution in [-0.2, 0) is 14.4 Å². The number of nitrogens with one attached hydrogen (secondary N) is 2. The zero-order chi connectivity index (χ0) is 24.6. The number of amides is 3. The molecule has 1 aliphatic heterocycles. The highest BCUT2D eigenvalue weighted by Crippen LogP contribution is 2.24. The van der Waals surface area contributed by atoms with E-state index in [1.807, 2.05) is 18.2 Å². The first-order valence-corrected chi connectivity index (χ1v) is 10.6. The first-order valence-electron chi connectivity index (χ1n) is 10.6. The number of anilines is 1. The van der Waals surface area contributed by atoms with Gasteiger partial charge in [0.25, 0.3) is 5.91 Å². The summed E-state index contributed by atoms with van der Waals surface area (Å²) in [4.78, 5) is 38.1. The lowest BCUT2D eigenvalue weighted by molar-refractivity contribution is -0.274. The van der Waals surface area contributed by atoms with Crippen molar-refractivity contribution >= 4 is 23.4 Å². The van der Waals surface area contributed by atoms with Crippen LogP contribution in [0.15, 0.2) is 54.6 Å². The van der Waals surface area contributed by atoms with Gasteiger partial charge in [-0.15, -0.1) is 13.2 Å². The minimum absolute atomic E-state index is 0.0467. The van der Waals surface area contributed by atoms with Gasteiger partial charge in [0, 0.05) is 25.3 Å². The Labute approximate surface area is 194 Å². The highest BCUT2D eigenvalue weighted by atomic mass is 19.4. The number of para-hydroxylation sites is 1. The second kappa shape index (κ2) is 11.4. The number of nitrogens with zero attached hydrogens (tertiary/aromatic N) is 1. The molecule has 2 aromatic carbocycles. The Morgan fingerprint density at radius 3 is 2.18 bits per heavy atom. The topological polar surface area (TPSA) is 97.0 Å². The minimum atomic E-state index is -4.82. The van der Waals surface area contributed by atoms with E-state index in [-0.39, 0.29) is 30.7 Å². The van der Waals surface area contributed by atoms with E-state index < -0.39 is 23.9 Å². The Kier molecular flexibility index (Phi) is 8.34. The van der Waals surface area contributed by atoms with E-state index in [9.17, 15) is 27.6 Å². The summed E-state index contributed by atoms with van der Waals surface area (Å²) in [7, 11) is 0. The Hall–Kier alpha value is -3.76. The smallest absolute Gasteiger partial charge is 0.484 e. The molecule has 0 unspecified atom stereocenters. The van der Waals surface area contributed by atoms with Gasteiger partial charge in [-0.05, 0) is 55.2 Å². The van der Waals surface area contributed by atoms with E-state index >= 15 is 0 Å². The third-order valence-electron chi connectivity index (χ3n) is 5.18. The summed E-state index contributed by atoms with van der Waals surface area (Å²) < 4.78 is 45.8. The van der Waals surface area contributed by atoms with Crippen LogP contribution in [0.25, 0.3) is 0 Å². The van der Waals surface area contributed by atoms with Crippen LogP contribution in [0.5, 0.6) is 11.5 Å². The molecule has 2 N–H and O–H groups in total. The number of alkyl halides is 3. The van der Waals surface area contributed by atoms with Crippen LogP contribution in [0.3, 0.4) is 0 Å². The van der Waals surface area contributed by atoms with Gasteiger partial charge < -0.3 is 25.0 Å². The largest absolute Gasteiger partial charge is 0.573 e. The minimum Gasteiger partial charge on any atom is -0.484 e. The molecule has 0 aliphatic carbocycles. The van der Waals surface area contributed by atoms with Gasteiger partial charge in [-0.25, -0.2) is 0 Å². The van der Waals surface area contributed by atoms with Gasteiger partial charge in [0.05, 0.1) is 0 Å². The van der Waals surface area contributed by atoms with Crippen molar-refractivity contribution in [2.24, 2.45) is 5.92 Å². The van der Waals surface area contributed by atoms with Crippen LogP contribution >= 0.6 is 0 Å². The zero-order valence-corrected chi connectivity index (χ0v) is 18.1. The third kappa shape index (κ3) is 7.98.